The fourth-order valence-corrected chi connectivity index (χ4v) is 1.33. The molecule has 0 saturated heterocycles. The third-order valence-corrected chi connectivity index (χ3v) is 2.27. The maximum atomic E-state index is 11.5. The maximum Gasteiger partial charge on any atom is 0.374 e. The number of unbranched alkanes of at least 4 members (excludes halogenated alkanes) is 1. The summed E-state index contributed by atoms with van der Waals surface area (Å²) in [6.07, 6.45) is 1.83. The number of aromatic nitrogens is 1. The zero-order chi connectivity index (χ0) is 13.5. The summed E-state index contributed by atoms with van der Waals surface area (Å²) in [7, 11) is 3.98. The Morgan fingerprint density at radius 3 is 2.72 bits per heavy atom. The van der Waals surface area contributed by atoms with Gasteiger partial charge in [0, 0.05) is 12.6 Å². The summed E-state index contributed by atoms with van der Waals surface area (Å²) in [5, 5.41) is 14.6. The summed E-state index contributed by atoms with van der Waals surface area (Å²) in [6, 6.07) is 1.11. The van der Waals surface area contributed by atoms with E-state index in [2.05, 4.69) is 19.9 Å². The van der Waals surface area contributed by atoms with Crippen molar-refractivity contribution in [3.63, 3.8) is 0 Å². The third-order valence-electron chi connectivity index (χ3n) is 2.27. The average molecular weight is 255 g/mol. The normalized spacial score (nSPS) is 10.6. The largest absolute Gasteiger partial charge is 0.475 e. The minimum absolute atomic E-state index is 0.0139. The van der Waals surface area contributed by atoms with Crippen molar-refractivity contribution in [2.75, 3.05) is 27.2 Å². The zero-order valence-corrected chi connectivity index (χ0v) is 10.5. The lowest BCUT2D eigenvalue weighted by Gasteiger charge is -2.08. The molecule has 1 rings (SSSR count). The van der Waals surface area contributed by atoms with Crippen LogP contribution in [0.5, 0.6) is 0 Å². The quantitative estimate of drug-likeness (QED) is 0.686. The molecule has 0 fully saturated rings. The van der Waals surface area contributed by atoms with Crippen molar-refractivity contribution in [2.24, 2.45) is 0 Å². The van der Waals surface area contributed by atoms with Gasteiger partial charge in [-0.3, -0.25) is 4.79 Å². The van der Waals surface area contributed by atoms with Crippen LogP contribution in [-0.2, 0) is 0 Å². The molecule has 0 atom stereocenters. The van der Waals surface area contributed by atoms with E-state index in [4.69, 9.17) is 5.11 Å². The van der Waals surface area contributed by atoms with Gasteiger partial charge < -0.3 is 19.8 Å². The van der Waals surface area contributed by atoms with E-state index in [1.807, 2.05) is 14.1 Å². The van der Waals surface area contributed by atoms with Gasteiger partial charge in [0.05, 0.1) is 0 Å². The molecule has 0 unspecified atom stereocenters. The smallest absolute Gasteiger partial charge is 0.374 e. The topological polar surface area (TPSA) is 95.7 Å². The first-order valence-electron chi connectivity index (χ1n) is 5.63. The van der Waals surface area contributed by atoms with Crippen LogP contribution in [-0.4, -0.2) is 54.2 Å². The molecule has 1 heterocycles. The Kier molecular flexibility index (Phi) is 5.31. The molecule has 7 heteroatoms. The van der Waals surface area contributed by atoms with E-state index < -0.39 is 11.9 Å². The number of hydrogen-bond acceptors (Lipinski definition) is 5. The van der Waals surface area contributed by atoms with E-state index in [0.717, 1.165) is 25.5 Å². The predicted octanol–water partition coefficient (Wildman–Crippen LogP) is 0.444. The molecule has 0 aliphatic rings. The summed E-state index contributed by atoms with van der Waals surface area (Å²) in [5.74, 6) is -2.00. The molecule has 100 valence electrons. The standard InChI is InChI=1S/C11H17N3O4/c1-14(2)6-4-3-5-12-10(15)8-7-9(11(16)17)18-13-8/h7H,3-6H2,1-2H3,(H,12,15)(H,16,17). The molecular weight excluding hydrogens is 238 g/mol. The molecule has 0 aliphatic heterocycles. The van der Waals surface area contributed by atoms with Crippen LogP contribution in [0.15, 0.2) is 10.6 Å². The van der Waals surface area contributed by atoms with Crippen molar-refractivity contribution >= 4 is 11.9 Å². The van der Waals surface area contributed by atoms with E-state index in [-0.39, 0.29) is 11.5 Å². The van der Waals surface area contributed by atoms with Gasteiger partial charge >= 0.3 is 5.97 Å². The molecule has 18 heavy (non-hydrogen) atoms. The number of hydrogen-bond donors (Lipinski definition) is 2. The number of carboxylic acids is 1. The van der Waals surface area contributed by atoms with Crippen LogP contribution in [0, 0.1) is 0 Å². The molecule has 1 aromatic heterocycles. The van der Waals surface area contributed by atoms with E-state index >= 15 is 0 Å². The van der Waals surface area contributed by atoms with Gasteiger partial charge in [0.25, 0.3) is 5.91 Å². The van der Waals surface area contributed by atoms with Crippen molar-refractivity contribution in [1.82, 2.24) is 15.4 Å². The molecule has 0 aromatic carbocycles. The van der Waals surface area contributed by atoms with Gasteiger partial charge in [0.15, 0.2) is 5.69 Å². The molecule has 1 amide bonds. The van der Waals surface area contributed by atoms with E-state index in [0.29, 0.717) is 6.54 Å². The lowest BCUT2D eigenvalue weighted by atomic mass is 10.3. The molecule has 0 saturated carbocycles. The molecule has 1 aromatic rings. The first-order chi connectivity index (χ1) is 8.50. The molecule has 0 radical (unpaired) electrons. The van der Waals surface area contributed by atoms with Gasteiger partial charge in [-0.25, -0.2) is 4.79 Å². The van der Waals surface area contributed by atoms with Crippen molar-refractivity contribution in [1.29, 1.82) is 0 Å². The van der Waals surface area contributed by atoms with Crippen LogP contribution >= 0.6 is 0 Å². The lowest BCUT2D eigenvalue weighted by Crippen LogP contribution is -2.25. The van der Waals surface area contributed by atoms with Gasteiger partial charge in [-0.2, -0.15) is 0 Å². The van der Waals surface area contributed by atoms with Crippen LogP contribution in [0.25, 0.3) is 0 Å². The Balaban J connectivity index is 2.30. The summed E-state index contributed by atoms with van der Waals surface area (Å²) in [5.41, 5.74) is -0.0139. The second kappa shape index (κ2) is 6.75. The van der Waals surface area contributed by atoms with Crippen LogP contribution in [0.3, 0.4) is 0 Å². The number of rotatable bonds is 7. The molecule has 2 N–H and O–H groups in total. The zero-order valence-electron chi connectivity index (χ0n) is 10.5. The van der Waals surface area contributed by atoms with Crippen LogP contribution in [0.4, 0.5) is 0 Å². The minimum Gasteiger partial charge on any atom is -0.475 e. The lowest BCUT2D eigenvalue weighted by molar-refractivity contribution is 0.0651. The van der Waals surface area contributed by atoms with Crippen molar-refractivity contribution < 1.29 is 19.2 Å². The van der Waals surface area contributed by atoms with Crippen LogP contribution in [0.2, 0.25) is 0 Å². The Bertz CT molecular complexity index is 414. The number of carboxylic acid groups (broad SMARTS) is 1. The Labute approximate surface area is 105 Å². The van der Waals surface area contributed by atoms with Crippen molar-refractivity contribution in [3.8, 4) is 0 Å². The number of nitrogens with zero attached hydrogens (tertiary/aromatic N) is 2. The van der Waals surface area contributed by atoms with Gasteiger partial charge in [-0.05, 0) is 33.5 Å². The molecule has 0 bridgehead atoms. The van der Waals surface area contributed by atoms with Gasteiger partial charge in [0.2, 0.25) is 5.76 Å². The highest BCUT2D eigenvalue weighted by Crippen LogP contribution is 2.03. The summed E-state index contributed by atoms with van der Waals surface area (Å²) in [4.78, 5) is 24.1. The van der Waals surface area contributed by atoms with Gasteiger partial charge in [-0.15, -0.1) is 0 Å². The van der Waals surface area contributed by atoms with E-state index in [1.54, 1.807) is 0 Å². The molecule has 0 aliphatic carbocycles. The highest BCUT2D eigenvalue weighted by atomic mass is 16.5. The molecular formula is C11H17N3O4. The van der Waals surface area contributed by atoms with Crippen LogP contribution < -0.4 is 5.32 Å². The Morgan fingerprint density at radius 1 is 1.44 bits per heavy atom. The highest BCUT2D eigenvalue weighted by Gasteiger charge is 2.15. The van der Waals surface area contributed by atoms with Crippen molar-refractivity contribution in [3.05, 3.63) is 17.5 Å². The minimum atomic E-state index is -1.24. The number of carbonyl (C=O) groups is 2. The number of aromatic carboxylic acids is 1. The number of carbonyl (C=O) groups excluding carboxylic acids is 1. The number of nitrogens with one attached hydrogen (secondary N) is 1. The summed E-state index contributed by atoms with van der Waals surface area (Å²) < 4.78 is 4.49. The predicted molar refractivity (Wildman–Crippen MR) is 63.6 cm³/mol. The van der Waals surface area contributed by atoms with Gasteiger partial charge in [-0.1, -0.05) is 5.16 Å². The summed E-state index contributed by atoms with van der Waals surface area (Å²) in [6.45, 7) is 1.49. The Morgan fingerprint density at radius 2 is 2.17 bits per heavy atom. The van der Waals surface area contributed by atoms with Gasteiger partial charge in [0.1, 0.15) is 0 Å². The maximum absolute atomic E-state index is 11.5. The molecule has 0 spiro atoms. The first-order valence-corrected chi connectivity index (χ1v) is 5.63. The van der Waals surface area contributed by atoms with E-state index in [9.17, 15) is 9.59 Å². The fraction of sp³-hybridized carbons (Fsp3) is 0.545. The monoisotopic (exact) mass is 255 g/mol. The third kappa shape index (κ3) is 4.54. The number of amides is 1. The van der Waals surface area contributed by atoms with Crippen molar-refractivity contribution in [2.45, 2.75) is 12.8 Å². The molecule has 7 nitrogen and oxygen atoms in total. The SMILES string of the molecule is CN(C)CCCCNC(=O)c1cc(C(=O)O)on1. The Hall–Kier alpha value is -1.89. The van der Waals surface area contributed by atoms with Crippen LogP contribution in [0.1, 0.15) is 33.9 Å². The fourth-order valence-electron chi connectivity index (χ4n) is 1.33. The van der Waals surface area contributed by atoms with E-state index in [1.165, 1.54) is 0 Å². The summed E-state index contributed by atoms with van der Waals surface area (Å²) >= 11 is 0. The second-order valence-corrected chi connectivity index (χ2v) is 4.15. The highest BCUT2D eigenvalue weighted by molar-refractivity contribution is 5.94. The second-order valence-electron chi connectivity index (χ2n) is 4.15. The first kappa shape index (κ1) is 14.2. The average Bonchev–Trinajstić information content (AvgIpc) is 2.77.